The Bertz CT molecular complexity index is 919. The van der Waals surface area contributed by atoms with Crippen LogP contribution in [0, 0.1) is 0 Å². The molecule has 0 N–H and O–H groups in total. The van der Waals surface area contributed by atoms with E-state index in [4.69, 9.17) is 0 Å². The molecule has 4 rings (SSSR count). The number of allylic oxidation sites excluding steroid dienone is 4. The summed E-state index contributed by atoms with van der Waals surface area (Å²) >= 11 is -3.15. The summed E-state index contributed by atoms with van der Waals surface area (Å²) in [4.78, 5) is 0. The van der Waals surface area contributed by atoms with Gasteiger partial charge in [-0.1, -0.05) is 0 Å². The quantitative estimate of drug-likeness (QED) is 0.405. The van der Waals surface area contributed by atoms with E-state index < -0.39 is 17.1 Å². The molecular weight excluding hydrogens is 518 g/mol. The van der Waals surface area contributed by atoms with Crippen molar-refractivity contribution in [1.82, 2.24) is 0 Å². The Morgan fingerprint density at radius 1 is 0.917 bits per heavy atom. The van der Waals surface area contributed by atoms with Gasteiger partial charge in [0.25, 0.3) is 0 Å². The van der Waals surface area contributed by atoms with Crippen LogP contribution in [-0.4, -0.2) is 6.94 Å². The van der Waals surface area contributed by atoms with Crippen LogP contribution in [0.3, 0.4) is 0 Å². The van der Waals surface area contributed by atoms with Crippen molar-refractivity contribution in [3.8, 4) is 11.1 Å². The van der Waals surface area contributed by atoms with Crippen LogP contribution in [0.5, 0.6) is 0 Å². The SMILES string of the molecule is Cl.Cl.[CH3][Hf]([CH3])(=[SiH2])([C]1=CC=CC1)[c]1cccc2c1Cc1ccccc1-2. The number of hydrogen-bond acceptors (Lipinski definition) is 0. The van der Waals surface area contributed by atoms with Crippen LogP contribution in [0.1, 0.15) is 17.5 Å². The van der Waals surface area contributed by atoms with Crippen molar-refractivity contribution in [2.45, 2.75) is 22.2 Å². The summed E-state index contributed by atoms with van der Waals surface area (Å²) in [6.45, 7) is 2.35. The molecule has 0 heterocycles. The van der Waals surface area contributed by atoms with E-state index in [9.17, 15) is 0 Å². The topological polar surface area (TPSA) is 0 Å². The first-order chi connectivity index (χ1) is 10.5. The van der Waals surface area contributed by atoms with Crippen molar-refractivity contribution in [3.05, 3.63) is 75.1 Å². The van der Waals surface area contributed by atoms with Crippen LogP contribution in [0.15, 0.2) is 64.0 Å². The molecule has 0 aromatic heterocycles. The van der Waals surface area contributed by atoms with E-state index in [1.54, 1.807) is 12.2 Å². The molecule has 0 radical (unpaired) electrons. The normalized spacial score (nSPS) is 15.0. The Balaban J connectivity index is 0.00000104. The first-order valence-corrected chi connectivity index (χ1v) is 27.2. The molecule has 0 nitrogen and oxygen atoms in total. The molecular formula is C20H24Cl2HfSi. The Labute approximate surface area is 159 Å². The van der Waals surface area contributed by atoms with Crippen molar-refractivity contribution >= 4 is 35.1 Å². The molecule has 0 atom stereocenters. The molecule has 126 valence electrons. The predicted octanol–water partition coefficient (Wildman–Crippen LogP) is 4.90. The molecule has 0 unspecified atom stereocenters. The summed E-state index contributed by atoms with van der Waals surface area (Å²) in [6.07, 6.45) is 9.27. The average Bonchev–Trinajstić information content (AvgIpc) is 3.14. The maximum atomic E-state index is 2.62. The first kappa shape index (κ1) is 19.9. The van der Waals surface area contributed by atoms with Gasteiger partial charge >= 0.3 is 136 Å². The van der Waals surface area contributed by atoms with Gasteiger partial charge in [0.2, 0.25) is 0 Å². The second-order valence-corrected chi connectivity index (χ2v) is 48.6. The van der Waals surface area contributed by atoms with Gasteiger partial charge in [0.1, 0.15) is 0 Å². The van der Waals surface area contributed by atoms with Crippen LogP contribution in [-0.2, 0) is 23.5 Å². The molecule has 0 bridgehead atoms. The van der Waals surface area contributed by atoms with Crippen LogP contribution < -0.4 is 3.32 Å². The summed E-state index contributed by atoms with van der Waals surface area (Å²) in [6, 6.07) is 16.0. The Morgan fingerprint density at radius 3 is 2.33 bits per heavy atom. The number of rotatable bonds is 2. The van der Waals surface area contributed by atoms with Crippen molar-refractivity contribution < 1.29 is 17.1 Å². The molecule has 2 aliphatic rings. The summed E-state index contributed by atoms with van der Waals surface area (Å²) in [5.74, 6) is 0. The van der Waals surface area contributed by atoms with Gasteiger partial charge in [0, 0.05) is 0 Å². The van der Waals surface area contributed by atoms with Gasteiger partial charge in [-0.3, -0.25) is 0 Å². The van der Waals surface area contributed by atoms with E-state index in [2.05, 4.69) is 77.0 Å². The molecule has 0 saturated heterocycles. The van der Waals surface area contributed by atoms with Crippen LogP contribution >= 0.6 is 24.8 Å². The minimum atomic E-state index is -3.15. The van der Waals surface area contributed by atoms with Crippen LogP contribution in [0.4, 0.5) is 0 Å². The van der Waals surface area contributed by atoms with Gasteiger partial charge in [-0.15, -0.1) is 24.8 Å². The molecule has 0 fully saturated rings. The Morgan fingerprint density at radius 2 is 1.62 bits per heavy atom. The standard InChI is InChI=1S/C13H9.C5H5.2CH3.2ClH.Hf.H2Si/c1-3-7-12-10(5-1)9-11-6-2-4-8-13(11)12;1-2-4-5-3-1;;;;;;/h1-5,7-8H,9H2;1-3H,4H2;2*1H3;2*1H;;1H2. The van der Waals surface area contributed by atoms with Gasteiger partial charge in [0.15, 0.2) is 0 Å². The number of fused-ring (bicyclic) bond motifs is 3. The zero-order chi connectivity index (χ0) is 15.4. The molecule has 2 aliphatic carbocycles. The van der Waals surface area contributed by atoms with E-state index in [0.29, 0.717) is 0 Å². The maximum absolute atomic E-state index is 3.15. The van der Waals surface area contributed by atoms with Gasteiger partial charge < -0.3 is 0 Å². The van der Waals surface area contributed by atoms with Crippen molar-refractivity contribution in [3.63, 3.8) is 0 Å². The minimum absolute atomic E-state index is 0. The zero-order valence-electron chi connectivity index (χ0n) is 14.2. The molecule has 2 aromatic carbocycles. The molecule has 2 aromatic rings. The van der Waals surface area contributed by atoms with E-state index in [1.165, 1.54) is 23.1 Å². The fraction of sp³-hybridized carbons (Fsp3) is 0.200. The van der Waals surface area contributed by atoms with Crippen molar-refractivity contribution in [1.29, 1.82) is 0 Å². The summed E-state index contributed by atoms with van der Waals surface area (Å²) in [5.41, 5.74) is 6.05. The fourth-order valence-corrected chi connectivity index (χ4v) is 21.8. The molecule has 0 aliphatic heterocycles. The zero-order valence-corrected chi connectivity index (χ0v) is 20.9. The van der Waals surface area contributed by atoms with Crippen LogP contribution in [0.25, 0.3) is 11.1 Å². The van der Waals surface area contributed by atoms with E-state index in [1.807, 2.05) is 0 Å². The number of hydrogen-bond donors (Lipinski definition) is 0. The van der Waals surface area contributed by atoms with Gasteiger partial charge in [-0.05, 0) is 0 Å². The Kier molecular flexibility index (Phi) is 5.57. The van der Waals surface area contributed by atoms with E-state index >= 15 is 0 Å². The van der Waals surface area contributed by atoms with E-state index in [-0.39, 0.29) is 24.8 Å². The van der Waals surface area contributed by atoms with Gasteiger partial charge in [-0.2, -0.15) is 0 Å². The monoisotopic (exact) mass is 542 g/mol. The van der Waals surface area contributed by atoms with Gasteiger partial charge in [-0.25, -0.2) is 0 Å². The molecule has 0 amide bonds. The third-order valence-corrected chi connectivity index (χ3v) is 29.0. The molecule has 4 heteroatoms. The summed E-state index contributed by atoms with van der Waals surface area (Å²) in [5, 5.41) is 0. The second kappa shape index (κ2) is 6.72. The summed E-state index contributed by atoms with van der Waals surface area (Å²) in [7, 11) is 0. The molecule has 0 spiro atoms. The Hall–Kier alpha value is -0.413. The molecule has 0 saturated carbocycles. The average molecular weight is 542 g/mol. The third-order valence-electron chi connectivity index (χ3n) is 5.52. The number of benzene rings is 2. The molecule has 24 heavy (non-hydrogen) atoms. The van der Waals surface area contributed by atoms with Crippen molar-refractivity contribution in [2.75, 3.05) is 0 Å². The second-order valence-electron chi connectivity index (χ2n) is 7.68. The van der Waals surface area contributed by atoms with Crippen LogP contribution in [0.2, 0.25) is 9.36 Å². The summed E-state index contributed by atoms with van der Waals surface area (Å²) < 4.78 is 8.68. The van der Waals surface area contributed by atoms with E-state index in [0.717, 1.165) is 6.42 Å². The first-order valence-electron chi connectivity index (χ1n) is 8.10. The van der Waals surface area contributed by atoms with Crippen molar-refractivity contribution in [2.24, 2.45) is 0 Å². The van der Waals surface area contributed by atoms with Gasteiger partial charge in [0.05, 0.1) is 0 Å². The predicted molar refractivity (Wildman–Crippen MR) is 111 cm³/mol. The fourth-order valence-electron chi connectivity index (χ4n) is 4.12. The number of halogens is 2. The third kappa shape index (κ3) is 2.96.